The molecular weight excluding hydrogens is 412 g/mol. The van der Waals surface area contributed by atoms with E-state index in [4.69, 9.17) is 33.2 Å². The molecule has 3 atom stereocenters. The van der Waals surface area contributed by atoms with Crippen LogP contribution >= 0.6 is 0 Å². The van der Waals surface area contributed by atoms with Gasteiger partial charge in [0.05, 0.1) is 6.26 Å². The Bertz CT molecular complexity index is 663. The first kappa shape index (κ1) is 26.4. The summed E-state index contributed by atoms with van der Waals surface area (Å²) in [5.41, 5.74) is -2.35. The van der Waals surface area contributed by atoms with Crippen LogP contribution in [0.1, 0.15) is 62.3 Å². The SMILES string of the molecule is CC(C)(C)OC(=O)OC[C@H]1OC=C[C@@H](OC(=O)OC(C)(C)C)[C@@H]1OC(=O)OC(C)(C)C. The summed E-state index contributed by atoms with van der Waals surface area (Å²) in [4.78, 5) is 36.2. The van der Waals surface area contributed by atoms with Crippen molar-refractivity contribution in [3.8, 4) is 0 Å². The minimum atomic E-state index is -1.17. The van der Waals surface area contributed by atoms with E-state index in [1.54, 1.807) is 62.3 Å². The van der Waals surface area contributed by atoms with Gasteiger partial charge in [-0.25, -0.2) is 14.4 Å². The maximum atomic E-state index is 12.2. The summed E-state index contributed by atoms with van der Waals surface area (Å²) in [6.07, 6.45) is -3.48. The molecule has 31 heavy (non-hydrogen) atoms. The zero-order valence-corrected chi connectivity index (χ0v) is 19.7. The van der Waals surface area contributed by atoms with Gasteiger partial charge in [-0.1, -0.05) is 0 Å². The fourth-order valence-corrected chi connectivity index (χ4v) is 2.21. The number of carbonyl (C=O) groups excluding carboxylic acids is 3. The average Bonchev–Trinajstić information content (AvgIpc) is 2.49. The lowest BCUT2D eigenvalue weighted by Crippen LogP contribution is -2.49. The third kappa shape index (κ3) is 11.4. The molecule has 0 saturated heterocycles. The molecule has 1 aliphatic rings. The summed E-state index contributed by atoms with van der Waals surface area (Å²) in [6.45, 7) is 14.8. The van der Waals surface area contributed by atoms with E-state index < -0.39 is 53.6 Å². The quantitative estimate of drug-likeness (QED) is 0.451. The van der Waals surface area contributed by atoms with Gasteiger partial charge in [0, 0.05) is 0 Å². The fourth-order valence-electron chi connectivity index (χ4n) is 2.21. The van der Waals surface area contributed by atoms with E-state index in [1.807, 2.05) is 0 Å². The molecular formula is C21H34O10. The molecule has 178 valence electrons. The molecule has 10 nitrogen and oxygen atoms in total. The van der Waals surface area contributed by atoms with Crippen molar-refractivity contribution in [3.63, 3.8) is 0 Å². The van der Waals surface area contributed by atoms with E-state index in [-0.39, 0.29) is 6.61 Å². The maximum absolute atomic E-state index is 12.2. The smallest absolute Gasteiger partial charge is 0.491 e. The van der Waals surface area contributed by atoms with Gasteiger partial charge in [-0.2, -0.15) is 0 Å². The lowest BCUT2D eigenvalue weighted by Gasteiger charge is -2.34. The van der Waals surface area contributed by atoms with Gasteiger partial charge < -0.3 is 33.2 Å². The number of hydrogen-bond acceptors (Lipinski definition) is 10. The van der Waals surface area contributed by atoms with Crippen molar-refractivity contribution in [2.75, 3.05) is 6.61 Å². The van der Waals surface area contributed by atoms with Gasteiger partial charge in [0.25, 0.3) is 0 Å². The third-order valence-electron chi connectivity index (χ3n) is 3.21. The van der Waals surface area contributed by atoms with Crippen LogP contribution < -0.4 is 0 Å². The Hall–Kier alpha value is -2.65. The Kier molecular flexibility index (Phi) is 8.60. The molecule has 0 aromatic rings. The van der Waals surface area contributed by atoms with Crippen LogP contribution in [-0.2, 0) is 33.2 Å². The molecule has 0 fully saturated rings. The second-order valence-electron chi connectivity index (χ2n) is 9.87. The van der Waals surface area contributed by atoms with Crippen LogP contribution in [0.25, 0.3) is 0 Å². The molecule has 0 spiro atoms. The summed E-state index contributed by atoms with van der Waals surface area (Å²) in [7, 11) is 0. The van der Waals surface area contributed by atoms with E-state index in [0.29, 0.717) is 0 Å². The fraction of sp³-hybridized carbons (Fsp3) is 0.762. The number of ether oxygens (including phenoxy) is 7. The van der Waals surface area contributed by atoms with E-state index in [2.05, 4.69) is 0 Å². The first-order valence-electron chi connectivity index (χ1n) is 9.92. The van der Waals surface area contributed by atoms with E-state index in [9.17, 15) is 14.4 Å². The van der Waals surface area contributed by atoms with Gasteiger partial charge in [0.2, 0.25) is 0 Å². The highest BCUT2D eigenvalue weighted by Crippen LogP contribution is 2.23. The minimum absolute atomic E-state index is 0.332. The normalized spacial score (nSPS) is 21.4. The maximum Gasteiger partial charge on any atom is 0.509 e. The molecule has 0 aromatic heterocycles. The van der Waals surface area contributed by atoms with Crippen LogP contribution in [0.5, 0.6) is 0 Å². The van der Waals surface area contributed by atoms with E-state index >= 15 is 0 Å². The third-order valence-corrected chi connectivity index (χ3v) is 3.21. The van der Waals surface area contributed by atoms with Crippen molar-refractivity contribution in [3.05, 3.63) is 12.3 Å². The first-order valence-corrected chi connectivity index (χ1v) is 9.92. The highest BCUT2D eigenvalue weighted by molar-refractivity contribution is 5.63. The minimum Gasteiger partial charge on any atom is -0.491 e. The summed E-state index contributed by atoms with van der Waals surface area (Å²) < 4.78 is 36.6. The van der Waals surface area contributed by atoms with Gasteiger partial charge in [-0.15, -0.1) is 0 Å². The number of hydrogen-bond donors (Lipinski definition) is 0. The number of carbonyl (C=O) groups is 3. The zero-order chi connectivity index (χ0) is 24.0. The van der Waals surface area contributed by atoms with Crippen molar-refractivity contribution < 1.29 is 47.5 Å². The van der Waals surface area contributed by atoms with Crippen molar-refractivity contribution in [2.24, 2.45) is 0 Å². The van der Waals surface area contributed by atoms with Gasteiger partial charge in [0.15, 0.2) is 18.3 Å². The molecule has 1 heterocycles. The molecule has 0 radical (unpaired) electrons. The predicted octanol–water partition coefficient (Wildman–Crippen LogP) is 4.49. The molecule has 0 N–H and O–H groups in total. The molecule has 1 rings (SSSR count). The Morgan fingerprint density at radius 3 is 1.68 bits per heavy atom. The van der Waals surface area contributed by atoms with Crippen molar-refractivity contribution in [2.45, 2.75) is 97.4 Å². The molecule has 0 aromatic carbocycles. The van der Waals surface area contributed by atoms with Crippen LogP contribution in [0.2, 0.25) is 0 Å². The lowest BCUT2D eigenvalue weighted by atomic mass is 10.1. The Morgan fingerprint density at radius 1 is 0.742 bits per heavy atom. The molecule has 1 aliphatic heterocycles. The van der Waals surface area contributed by atoms with Crippen LogP contribution in [-0.4, -0.2) is 60.2 Å². The molecule has 0 aliphatic carbocycles. The average molecular weight is 446 g/mol. The Morgan fingerprint density at radius 2 is 1.19 bits per heavy atom. The Balaban J connectivity index is 2.92. The lowest BCUT2D eigenvalue weighted by molar-refractivity contribution is -0.128. The highest BCUT2D eigenvalue weighted by atomic mass is 16.8. The molecule has 0 amide bonds. The van der Waals surface area contributed by atoms with Crippen LogP contribution in [0.15, 0.2) is 12.3 Å². The zero-order valence-electron chi connectivity index (χ0n) is 19.7. The van der Waals surface area contributed by atoms with Crippen LogP contribution in [0.3, 0.4) is 0 Å². The van der Waals surface area contributed by atoms with Crippen molar-refractivity contribution in [1.82, 2.24) is 0 Å². The molecule has 0 saturated carbocycles. The summed E-state index contributed by atoms with van der Waals surface area (Å²) in [5.74, 6) is 0. The topological polar surface area (TPSA) is 116 Å². The predicted molar refractivity (Wildman–Crippen MR) is 108 cm³/mol. The van der Waals surface area contributed by atoms with Crippen molar-refractivity contribution >= 4 is 18.5 Å². The largest absolute Gasteiger partial charge is 0.509 e. The molecule has 0 bridgehead atoms. The summed E-state index contributed by atoms with van der Waals surface area (Å²) in [6, 6.07) is 0. The second-order valence-corrected chi connectivity index (χ2v) is 9.87. The second kappa shape index (κ2) is 10.1. The van der Waals surface area contributed by atoms with Gasteiger partial charge in [0.1, 0.15) is 23.4 Å². The van der Waals surface area contributed by atoms with E-state index in [0.717, 1.165) is 0 Å². The Labute approximate surface area is 183 Å². The standard InChI is InChI=1S/C21H34O10/c1-19(2,3)29-16(22)26-12-14-15(28-18(24)31-21(7,8)9)13(10-11-25-14)27-17(23)30-20(4,5)6/h10-11,13-15H,12H2,1-9H3/t13-,14-,15+/m1/s1. The van der Waals surface area contributed by atoms with Crippen molar-refractivity contribution in [1.29, 1.82) is 0 Å². The van der Waals surface area contributed by atoms with E-state index in [1.165, 1.54) is 12.3 Å². The number of rotatable bonds is 4. The molecule has 0 unspecified atom stereocenters. The highest BCUT2D eigenvalue weighted by Gasteiger charge is 2.41. The van der Waals surface area contributed by atoms with Gasteiger partial charge >= 0.3 is 18.5 Å². The van der Waals surface area contributed by atoms with Gasteiger partial charge in [-0.05, 0) is 68.4 Å². The van der Waals surface area contributed by atoms with Crippen LogP contribution in [0, 0.1) is 0 Å². The monoisotopic (exact) mass is 446 g/mol. The molecule has 10 heteroatoms. The van der Waals surface area contributed by atoms with Crippen LogP contribution in [0.4, 0.5) is 14.4 Å². The van der Waals surface area contributed by atoms with Gasteiger partial charge in [-0.3, -0.25) is 0 Å². The first-order chi connectivity index (χ1) is 14.0. The summed E-state index contributed by atoms with van der Waals surface area (Å²) in [5, 5.41) is 0. The summed E-state index contributed by atoms with van der Waals surface area (Å²) >= 11 is 0.